The van der Waals surface area contributed by atoms with Gasteiger partial charge in [0.25, 0.3) is 17.7 Å². The Labute approximate surface area is 260 Å². The van der Waals surface area contributed by atoms with Gasteiger partial charge < -0.3 is 14.5 Å². The van der Waals surface area contributed by atoms with Crippen LogP contribution in [0.2, 0.25) is 5.02 Å². The minimum atomic E-state index is -0.571. The highest BCUT2D eigenvalue weighted by molar-refractivity contribution is 6.32. The molecule has 1 aliphatic heterocycles. The molecule has 0 unspecified atom stereocenters. The lowest BCUT2D eigenvalue weighted by atomic mass is 10.0. The first kappa shape index (κ1) is 29.1. The maximum atomic E-state index is 13.4. The van der Waals surface area contributed by atoms with Gasteiger partial charge in [0.05, 0.1) is 34.0 Å². The molecule has 0 aliphatic carbocycles. The monoisotopic (exact) mass is 606 g/mol. The molecule has 0 saturated heterocycles. The van der Waals surface area contributed by atoms with Crippen LogP contribution in [-0.4, -0.2) is 50.7 Å². The van der Waals surface area contributed by atoms with Crippen LogP contribution < -0.4 is 10.1 Å². The lowest BCUT2D eigenvalue weighted by Crippen LogP contribution is -2.47. The topological polar surface area (TPSA) is 93.0 Å². The van der Waals surface area contributed by atoms with Crippen molar-refractivity contribution in [2.75, 3.05) is 6.54 Å². The second-order valence-corrected chi connectivity index (χ2v) is 11.6. The summed E-state index contributed by atoms with van der Waals surface area (Å²) >= 11 is 6.40. The highest BCUT2D eigenvalue weighted by atomic mass is 35.5. The number of nitrogens with zero attached hydrogens (tertiary/aromatic N) is 3. The Balaban J connectivity index is 1.24. The summed E-state index contributed by atoms with van der Waals surface area (Å²) < 4.78 is 7.70. The number of nitrogens with one attached hydrogen (secondary N) is 1. The van der Waals surface area contributed by atoms with Crippen LogP contribution in [0.15, 0.2) is 91.3 Å². The SMILES string of the molecule is Cc1cccn2cc(-c3ccc(C[C@@H](CN4C(=O)c5ccccc5C4=O)NC(=O)c4ccc(OC(C)C)c(Cl)c4)cc3)nc12. The molecule has 0 bridgehead atoms. The van der Waals surface area contributed by atoms with Gasteiger partial charge in [-0.1, -0.05) is 54.1 Å². The van der Waals surface area contributed by atoms with Crippen LogP contribution in [0.5, 0.6) is 5.75 Å². The van der Waals surface area contributed by atoms with Gasteiger partial charge in [-0.3, -0.25) is 19.3 Å². The predicted octanol–water partition coefficient (Wildman–Crippen LogP) is 6.39. The van der Waals surface area contributed by atoms with E-state index in [-0.39, 0.29) is 30.4 Å². The number of halogens is 1. The van der Waals surface area contributed by atoms with Gasteiger partial charge in [0.15, 0.2) is 0 Å². The number of benzene rings is 3. The minimum absolute atomic E-state index is 0.00776. The van der Waals surface area contributed by atoms with E-state index < -0.39 is 6.04 Å². The average Bonchev–Trinajstić information content (AvgIpc) is 3.55. The second kappa shape index (κ2) is 12.0. The molecule has 1 atom stereocenters. The summed E-state index contributed by atoms with van der Waals surface area (Å²) in [4.78, 5) is 45.8. The van der Waals surface area contributed by atoms with E-state index in [2.05, 4.69) is 5.32 Å². The number of imide groups is 1. The van der Waals surface area contributed by atoms with Crippen LogP contribution in [0.1, 0.15) is 56.0 Å². The van der Waals surface area contributed by atoms with Crippen molar-refractivity contribution in [2.24, 2.45) is 0 Å². The third-order valence-electron chi connectivity index (χ3n) is 7.58. The van der Waals surface area contributed by atoms with Crippen LogP contribution in [0.4, 0.5) is 0 Å². The van der Waals surface area contributed by atoms with Crippen LogP contribution in [0, 0.1) is 6.92 Å². The molecule has 3 amide bonds. The normalized spacial score (nSPS) is 13.4. The minimum Gasteiger partial charge on any atom is -0.489 e. The lowest BCUT2D eigenvalue weighted by molar-refractivity contribution is 0.0628. The maximum absolute atomic E-state index is 13.4. The number of hydrogen-bond acceptors (Lipinski definition) is 5. The summed E-state index contributed by atoms with van der Waals surface area (Å²) in [5, 5.41) is 3.35. The molecule has 1 aliphatic rings. The number of carbonyl (C=O) groups is 3. The molecule has 0 spiro atoms. The Hall–Kier alpha value is -4.95. The second-order valence-electron chi connectivity index (χ2n) is 11.2. The third kappa shape index (κ3) is 5.81. The third-order valence-corrected chi connectivity index (χ3v) is 7.88. The van der Waals surface area contributed by atoms with Gasteiger partial charge >= 0.3 is 0 Å². The molecule has 44 heavy (non-hydrogen) atoms. The fourth-order valence-electron chi connectivity index (χ4n) is 5.44. The summed E-state index contributed by atoms with van der Waals surface area (Å²) in [6.45, 7) is 5.82. The molecular weight excluding hydrogens is 576 g/mol. The number of pyridine rings is 1. The predicted molar refractivity (Wildman–Crippen MR) is 169 cm³/mol. The van der Waals surface area contributed by atoms with Gasteiger partial charge in [-0.15, -0.1) is 0 Å². The smallest absolute Gasteiger partial charge is 0.261 e. The Morgan fingerprint density at radius 3 is 2.30 bits per heavy atom. The largest absolute Gasteiger partial charge is 0.489 e. The van der Waals surface area contributed by atoms with Crippen LogP contribution in [0.3, 0.4) is 0 Å². The van der Waals surface area contributed by atoms with E-state index in [0.29, 0.717) is 33.9 Å². The molecule has 8 nitrogen and oxygen atoms in total. The molecule has 9 heteroatoms. The molecule has 3 aromatic carbocycles. The van der Waals surface area contributed by atoms with Crippen LogP contribution >= 0.6 is 11.6 Å². The van der Waals surface area contributed by atoms with Crippen molar-refractivity contribution in [1.82, 2.24) is 19.6 Å². The van der Waals surface area contributed by atoms with Crippen LogP contribution in [-0.2, 0) is 6.42 Å². The van der Waals surface area contributed by atoms with Crippen molar-refractivity contribution in [3.63, 3.8) is 0 Å². The summed E-state index contributed by atoms with van der Waals surface area (Å²) in [6.07, 6.45) is 4.27. The van der Waals surface area contributed by atoms with Crippen molar-refractivity contribution in [3.8, 4) is 17.0 Å². The molecule has 0 saturated carbocycles. The average molecular weight is 607 g/mol. The maximum Gasteiger partial charge on any atom is 0.261 e. The molecule has 0 radical (unpaired) electrons. The number of aromatic nitrogens is 2. The Morgan fingerprint density at radius 1 is 0.955 bits per heavy atom. The number of ether oxygens (including phenoxy) is 1. The number of imidazole rings is 1. The highest BCUT2D eigenvalue weighted by Crippen LogP contribution is 2.27. The number of aryl methyl sites for hydroxylation is 1. The molecule has 0 fully saturated rings. The van der Waals surface area contributed by atoms with Gasteiger partial charge in [-0.05, 0) is 74.7 Å². The van der Waals surface area contributed by atoms with E-state index >= 15 is 0 Å². The van der Waals surface area contributed by atoms with Gasteiger partial charge in [-0.25, -0.2) is 4.98 Å². The first-order chi connectivity index (χ1) is 21.2. The molecule has 5 aromatic rings. The van der Waals surface area contributed by atoms with E-state index in [1.165, 1.54) is 4.90 Å². The number of carbonyl (C=O) groups excluding carboxylic acids is 3. The van der Waals surface area contributed by atoms with Gasteiger partial charge in [-0.2, -0.15) is 0 Å². The first-order valence-corrected chi connectivity index (χ1v) is 14.8. The number of fused-ring (bicyclic) bond motifs is 2. The van der Waals surface area contributed by atoms with Crippen molar-refractivity contribution < 1.29 is 19.1 Å². The summed E-state index contributed by atoms with van der Waals surface area (Å²) in [6, 6.07) is 23.0. The number of amides is 3. The fraction of sp³-hybridized carbons (Fsp3) is 0.200. The zero-order valence-electron chi connectivity index (χ0n) is 24.6. The zero-order valence-corrected chi connectivity index (χ0v) is 25.3. The van der Waals surface area contributed by atoms with Crippen molar-refractivity contribution in [3.05, 3.63) is 124 Å². The summed E-state index contributed by atoms with van der Waals surface area (Å²) in [5.41, 5.74) is 5.79. The Morgan fingerprint density at radius 2 is 1.66 bits per heavy atom. The molecule has 2 aromatic heterocycles. The standard InChI is InChI=1S/C35H31ClN4O4/c1-21(2)44-31-15-14-25(18-29(31)36)33(41)37-26(19-40-34(42)27-8-4-5-9-28(27)35(40)43)17-23-10-12-24(13-11-23)30-20-39-16-6-7-22(3)32(39)38-30/h4-16,18,20-21,26H,17,19H2,1-3H3,(H,37,41)/t26-/m0/s1. The van der Waals surface area contributed by atoms with Crippen LogP contribution in [0.25, 0.3) is 16.9 Å². The Bertz CT molecular complexity index is 1860. The van der Waals surface area contributed by atoms with Gasteiger partial charge in [0.1, 0.15) is 11.4 Å². The number of hydrogen-bond donors (Lipinski definition) is 1. The molecule has 1 N–H and O–H groups in total. The zero-order chi connectivity index (χ0) is 31.0. The lowest BCUT2D eigenvalue weighted by Gasteiger charge is -2.24. The highest BCUT2D eigenvalue weighted by Gasteiger charge is 2.36. The van der Waals surface area contributed by atoms with E-state index in [1.54, 1.807) is 42.5 Å². The van der Waals surface area contributed by atoms with E-state index in [4.69, 9.17) is 21.3 Å². The van der Waals surface area contributed by atoms with Crippen molar-refractivity contribution in [1.29, 1.82) is 0 Å². The van der Waals surface area contributed by atoms with Crippen molar-refractivity contribution in [2.45, 2.75) is 39.3 Å². The first-order valence-electron chi connectivity index (χ1n) is 14.4. The van der Waals surface area contributed by atoms with E-state index in [0.717, 1.165) is 28.0 Å². The van der Waals surface area contributed by atoms with Gasteiger partial charge in [0.2, 0.25) is 0 Å². The quantitative estimate of drug-likeness (QED) is 0.196. The van der Waals surface area contributed by atoms with E-state index in [9.17, 15) is 14.4 Å². The summed E-state index contributed by atoms with van der Waals surface area (Å²) in [5.74, 6) is -0.635. The van der Waals surface area contributed by atoms with Gasteiger partial charge in [0, 0.05) is 30.1 Å². The molecule has 3 heterocycles. The molecule has 222 valence electrons. The molecular formula is C35H31ClN4O4. The van der Waals surface area contributed by atoms with Crippen molar-refractivity contribution >= 4 is 35.0 Å². The molecule has 6 rings (SSSR count). The Kier molecular flexibility index (Phi) is 7.93. The number of rotatable bonds is 9. The van der Waals surface area contributed by atoms with E-state index in [1.807, 2.05) is 74.0 Å². The summed E-state index contributed by atoms with van der Waals surface area (Å²) in [7, 11) is 0. The fourth-order valence-corrected chi connectivity index (χ4v) is 5.66.